The highest BCUT2D eigenvalue weighted by Gasteiger charge is 1.98. The van der Waals surface area contributed by atoms with Crippen LogP contribution in [0.15, 0.2) is 12.4 Å². The molecule has 0 fully saturated rings. The minimum Gasteiger partial charge on any atom is -0.350 e. The quantitative estimate of drug-likeness (QED) is 0.747. The van der Waals surface area contributed by atoms with Crippen LogP contribution in [0, 0.1) is 6.92 Å². The van der Waals surface area contributed by atoms with Crippen LogP contribution < -0.4 is 5.32 Å². The van der Waals surface area contributed by atoms with Gasteiger partial charge in [0.2, 0.25) is 5.91 Å². The van der Waals surface area contributed by atoms with Crippen LogP contribution in [0.3, 0.4) is 0 Å². The summed E-state index contributed by atoms with van der Waals surface area (Å²) in [4.78, 5) is 19.1. The molecule has 0 spiro atoms. The molecule has 0 saturated carbocycles. The molecule has 1 N–H and O–H groups in total. The van der Waals surface area contributed by atoms with E-state index in [1.807, 2.05) is 13.8 Å². The normalized spacial score (nSPS) is 9.69. The van der Waals surface area contributed by atoms with Crippen LogP contribution in [0.2, 0.25) is 0 Å². The summed E-state index contributed by atoms with van der Waals surface area (Å²) >= 11 is 0. The van der Waals surface area contributed by atoms with E-state index in [1.165, 1.54) is 0 Å². The molecule has 1 aromatic heterocycles. The lowest BCUT2D eigenvalue weighted by Gasteiger charge is -2.01. The molecule has 70 valence electrons. The van der Waals surface area contributed by atoms with E-state index in [1.54, 1.807) is 12.4 Å². The molecule has 0 bridgehead atoms. The number of carbonyl (C=O) groups is 1. The first kappa shape index (κ1) is 9.64. The highest BCUT2D eigenvalue weighted by Crippen LogP contribution is 1.93. The molecule has 1 heterocycles. The summed E-state index contributed by atoms with van der Waals surface area (Å²) in [6, 6.07) is 0. The number of nitrogens with one attached hydrogen (secondary N) is 1. The van der Waals surface area contributed by atoms with Gasteiger partial charge in [0.05, 0.1) is 24.1 Å². The van der Waals surface area contributed by atoms with Crippen molar-refractivity contribution in [1.29, 1.82) is 0 Å². The van der Waals surface area contributed by atoms with Gasteiger partial charge in [0.1, 0.15) is 0 Å². The van der Waals surface area contributed by atoms with Gasteiger partial charge >= 0.3 is 0 Å². The predicted molar refractivity (Wildman–Crippen MR) is 48.9 cm³/mol. The van der Waals surface area contributed by atoms with E-state index in [4.69, 9.17) is 0 Å². The molecule has 0 unspecified atom stereocenters. The van der Waals surface area contributed by atoms with Gasteiger partial charge in [0, 0.05) is 12.6 Å². The number of hydrogen-bond acceptors (Lipinski definition) is 3. The summed E-state index contributed by atoms with van der Waals surface area (Å²) in [6.07, 6.45) is 3.86. The Hall–Kier alpha value is -1.45. The summed E-state index contributed by atoms with van der Waals surface area (Å²) in [5.74, 6) is 0.0300. The Balaban J connectivity index is 2.46. The van der Waals surface area contributed by atoms with Crippen molar-refractivity contribution in [1.82, 2.24) is 15.3 Å². The highest BCUT2D eigenvalue weighted by atomic mass is 16.1. The van der Waals surface area contributed by atoms with Gasteiger partial charge in [-0.15, -0.1) is 0 Å². The monoisotopic (exact) mass is 179 g/mol. The van der Waals surface area contributed by atoms with Gasteiger partial charge in [-0.3, -0.25) is 14.8 Å². The standard InChI is InChI=1S/C9H13N3O/c1-3-9(13)12-6-8-5-10-7(2)4-11-8/h4-5H,3,6H2,1-2H3,(H,12,13). The topological polar surface area (TPSA) is 54.9 Å². The fourth-order valence-corrected chi connectivity index (χ4v) is 0.825. The zero-order valence-electron chi connectivity index (χ0n) is 7.87. The first-order chi connectivity index (χ1) is 6.22. The third-order valence-electron chi connectivity index (χ3n) is 1.62. The van der Waals surface area contributed by atoms with Crippen LogP contribution in [-0.4, -0.2) is 15.9 Å². The van der Waals surface area contributed by atoms with Crippen LogP contribution in [0.25, 0.3) is 0 Å². The number of hydrogen-bond donors (Lipinski definition) is 1. The van der Waals surface area contributed by atoms with Crippen molar-refractivity contribution >= 4 is 5.91 Å². The van der Waals surface area contributed by atoms with Crippen LogP contribution in [0.1, 0.15) is 24.7 Å². The maximum Gasteiger partial charge on any atom is 0.220 e. The van der Waals surface area contributed by atoms with Crippen LogP contribution in [0.5, 0.6) is 0 Å². The van der Waals surface area contributed by atoms with E-state index >= 15 is 0 Å². The molecule has 4 nitrogen and oxygen atoms in total. The second kappa shape index (κ2) is 4.54. The molecule has 13 heavy (non-hydrogen) atoms. The van der Waals surface area contributed by atoms with Gasteiger partial charge in [-0.2, -0.15) is 0 Å². The Morgan fingerprint density at radius 2 is 2.23 bits per heavy atom. The van der Waals surface area contributed by atoms with Gasteiger partial charge in [-0.1, -0.05) is 6.92 Å². The second-order valence-corrected chi connectivity index (χ2v) is 2.78. The Morgan fingerprint density at radius 3 is 2.77 bits per heavy atom. The fraction of sp³-hybridized carbons (Fsp3) is 0.444. The van der Waals surface area contributed by atoms with Crippen LogP contribution in [0.4, 0.5) is 0 Å². The lowest BCUT2D eigenvalue weighted by atomic mass is 10.4. The van der Waals surface area contributed by atoms with Gasteiger partial charge in [0.25, 0.3) is 0 Å². The molecule has 0 aliphatic carbocycles. The highest BCUT2D eigenvalue weighted by molar-refractivity contribution is 5.75. The van der Waals surface area contributed by atoms with E-state index in [2.05, 4.69) is 15.3 Å². The molecule has 0 atom stereocenters. The second-order valence-electron chi connectivity index (χ2n) is 2.78. The molecule has 0 aliphatic heterocycles. The summed E-state index contributed by atoms with van der Waals surface area (Å²) in [7, 11) is 0. The van der Waals surface area contributed by atoms with E-state index in [0.29, 0.717) is 13.0 Å². The lowest BCUT2D eigenvalue weighted by Crippen LogP contribution is -2.22. The van der Waals surface area contributed by atoms with E-state index in [9.17, 15) is 4.79 Å². The van der Waals surface area contributed by atoms with E-state index in [0.717, 1.165) is 11.4 Å². The average molecular weight is 179 g/mol. The number of amides is 1. The Morgan fingerprint density at radius 1 is 1.46 bits per heavy atom. The Labute approximate surface area is 77.4 Å². The summed E-state index contributed by atoms with van der Waals surface area (Å²) in [6.45, 7) is 4.15. The fourth-order valence-electron chi connectivity index (χ4n) is 0.825. The number of aryl methyl sites for hydroxylation is 1. The van der Waals surface area contributed by atoms with Crippen molar-refractivity contribution < 1.29 is 4.79 Å². The van der Waals surface area contributed by atoms with Crippen molar-refractivity contribution in [3.8, 4) is 0 Å². The third kappa shape index (κ3) is 3.19. The molecule has 0 radical (unpaired) electrons. The molecule has 0 saturated heterocycles. The molecular weight excluding hydrogens is 166 g/mol. The van der Waals surface area contributed by atoms with Crippen LogP contribution in [-0.2, 0) is 11.3 Å². The predicted octanol–water partition coefficient (Wildman–Crippen LogP) is 0.811. The Bertz CT molecular complexity index is 281. The number of rotatable bonds is 3. The molecule has 1 rings (SSSR count). The first-order valence-electron chi connectivity index (χ1n) is 4.26. The van der Waals surface area contributed by atoms with Crippen LogP contribution >= 0.6 is 0 Å². The lowest BCUT2D eigenvalue weighted by molar-refractivity contribution is -0.120. The van der Waals surface area contributed by atoms with E-state index < -0.39 is 0 Å². The number of aromatic nitrogens is 2. The molecule has 4 heteroatoms. The maximum atomic E-state index is 10.9. The minimum absolute atomic E-state index is 0.0300. The van der Waals surface area contributed by atoms with Crippen molar-refractivity contribution in [2.45, 2.75) is 26.8 Å². The summed E-state index contributed by atoms with van der Waals surface area (Å²) < 4.78 is 0. The molecular formula is C9H13N3O. The average Bonchev–Trinajstić information content (AvgIpc) is 2.16. The molecule has 1 amide bonds. The Kier molecular flexibility index (Phi) is 3.37. The number of nitrogens with zero attached hydrogens (tertiary/aromatic N) is 2. The SMILES string of the molecule is CCC(=O)NCc1cnc(C)cn1. The zero-order chi connectivity index (χ0) is 9.68. The van der Waals surface area contributed by atoms with Gasteiger partial charge in [-0.05, 0) is 6.92 Å². The van der Waals surface area contributed by atoms with Crippen molar-refractivity contribution in [2.24, 2.45) is 0 Å². The number of carbonyl (C=O) groups excluding carboxylic acids is 1. The largest absolute Gasteiger partial charge is 0.350 e. The minimum atomic E-state index is 0.0300. The van der Waals surface area contributed by atoms with Crippen molar-refractivity contribution in [3.05, 3.63) is 23.8 Å². The smallest absolute Gasteiger partial charge is 0.220 e. The van der Waals surface area contributed by atoms with Gasteiger partial charge in [0.15, 0.2) is 0 Å². The third-order valence-corrected chi connectivity index (χ3v) is 1.62. The molecule has 1 aromatic rings. The van der Waals surface area contributed by atoms with Crippen molar-refractivity contribution in [3.63, 3.8) is 0 Å². The van der Waals surface area contributed by atoms with Crippen molar-refractivity contribution in [2.75, 3.05) is 0 Å². The van der Waals surface area contributed by atoms with Gasteiger partial charge < -0.3 is 5.32 Å². The maximum absolute atomic E-state index is 10.9. The first-order valence-corrected chi connectivity index (χ1v) is 4.26. The molecule has 0 aliphatic rings. The molecule has 0 aromatic carbocycles. The summed E-state index contributed by atoms with van der Waals surface area (Å²) in [5.41, 5.74) is 1.66. The summed E-state index contributed by atoms with van der Waals surface area (Å²) in [5, 5.41) is 2.73. The van der Waals surface area contributed by atoms with E-state index in [-0.39, 0.29) is 5.91 Å². The zero-order valence-corrected chi connectivity index (χ0v) is 7.87. The van der Waals surface area contributed by atoms with Gasteiger partial charge in [-0.25, -0.2) is 0 Å².